The Kier molecular flexibility index (Phi) is 5.85. The van der Waals surface area contributed by atoms with Crippen LogP contribution in [0, 0.1) is 11.8 Å². The highest BCUT2D eigenvalue weighted by Gasteiger charge is 2.26. The van der Waals surface area contributed by atoms with E-state index in [0.717, 1.165) is 36.8 Å². The fourth-order valence-electron chi connectivity index (χ4n) is 4.82. The van der Waals surface area contributed by atoms with E-state index in [1.807, 2.05) is 48.1 Å². The van der Waals surface area contributed by atoms with Gasteiger partial charge in [0.05, 0.1) is 18.1 Å². The Bertz CT molecular complexity index is 1010. The molecule has 0 bridgehead atoms. The van der Waals surface area contributed by atoms with Gasteiger partial charge in [-0.25, -0.2) is 9.97 Å². The van der Waals surface area contributed by atoms with Gasteiger partial charge in [-0.1, -0.05) is 0 Å². The zero-order valence-corrected chi connectivity index (χ0v) is 18.7. The molecule has 2 aliphatic rings. The van der Waals surface area contributed by atoms with Gasteiger partial charge in [0.15, 0.2) is 0 Å². The number of hydrogen-bond acceptors (Lipinski definition) is 5. The van der Waals surface area contributed by atoms with Gasteiger partial charge < -0.3 is 5.32 Å². The molecular formula is C24H33N7. The zero-order valence-electron chi connectivity index (χ0n) is 18.7. The summed E-state index contributed by atoms with van der Waals surface area (Å²) in [6, 6.07) is 2.64. The lowest BCUT2D eigenvalue weighted by Crippen LogP contribution is -2.33. The number of hydrogen-bond donors (Lipinski definition) is 1. The summed E-state index contributed by atoms with van der Waals surface area (Å²) in [5.41, 5.74) is 4.78. The summed E-state index contributed by atoms with van der Waals surface area (Å²) in [6.07, 6.45) is 17.6. The molecule has 0 aromatic carbocycles. The van der Waals surface area contributed by atoms with Crippen molar-refractivity contribution in [3.8, 4) is 11.3 Å². The van der Waals surface area contributed by atoms with Gasteiger partial charge in [-0.2, -0.15) is 10.2 Å². The van der Waals surface area contributed by atoms with Crippen molar-refractivity contribution in [3.05, 3.63) is 47.9 Å². The summed E-state index contributed by atoms with van der Waals surface area (Å²) < 4.78 is 3.89. The summed E-state index contributed by atoms with van der Waals surface area (Å²) >= 11 is 0. The van der Waals surface area contributed by atoms with Crippen LogP contribution in [0.4, 0.5) is 0 Å². The molecule has 0 atom stereocenters. The molecule has 2 saturated carbocycles. The fourth-order valence-corrected chi connectivity index (χ4v) is 4.82. The number of aromatic nitrogens is 6. The molecule has 3 heterocycles. The van der Waals surface area contributed by atoms with Crippen molar-refractivity contribution in [2.75, 3.05) is 0 Å². The first kappa shape index (κ1) is 20.4. The lowest BCUT2D eigenvalue weighted by Gasteiger charge is -2.28. The van der Waals surface area contributed by atoms with Crippen LogP contribution >= 0.6 is 0 Å². The Labute approximate surface area is 184 Å². The van der Waals surface area contributed by atoms with E-state index in [1.165, 1.54) is 55.3 Å². The third-order valence-corrected chi connectivity index (χ3v) is 6.89. The highest BCUT2D eigenvalue weighted by Crippen LogP contribution is 2.35. The average molecular weight is 420 g/mol. The van der Waals surface area contributed by atoms with Crippen LogP contribution in [0.1, 0.15) is 55.6 Å². The molecule has 7 nitrogen and oxygen atoms in total. The first-order chi connectivity index (χ1) is 15.1. The fraction of sp³-hybridized carbons (Fsp3) is 0.583. The molecule has 1 N–H and O–H groups in total. The normalized spacial score (nSPS) is 21.5. The summed E-state index contributed by atoms with van der Waals surface area (Å²) in [4.78, 5) is 9.55. The summed E-state index contributed by atoms with van der Waals surface area (Å²) in [7, 11) is 4.01. The molecule has 3 aromatic heterocycles. The van der Waals surface area contributed by atoms with E-state index in [4.69, 9.17) is 4.98 Å². The molecule has 0 radical (unpaired) electrons. The Morgan fingerprint density at radius 3 is 2.48 bits per heavy atom. The van der Waals surface area contributed by atoms with Crippen molar-refractivity contribution in [3.63, 3.8) is 0 Å². The minimum atomic E-state index is 0.601. The van der Waals surface area contributed by atoms with Gasteiger partial charge in [0.1, 0.15) is 5.82 Å². The van der Waals surface area contributed by atoms with Gasteiger partial charge in [-0.05, 0) is 62.8 Å². The molecule has 0 unspecified atom stereocenters. The van der Waals surface area contributed by atoms with Gasteiger partial charge in [0, 0.05) is 62.3 Å². The Morgan fingerprint density at radius 1 is 0.968 bits per heavy atom. The van der Waals surface area contributed by atoms with Crippen molar-refractivity contribution >= 4 is 0 Å². The van der Waals surface area contributed by atoms with Crippen LogP contribution in [0.25, 0.3) is 11.3 Å². The van der Waals surface area contributed by atoms with Crippen LogP contribution in [-0.2, 0) is 33.5 Å². The first-order valence-electron chi connectivity index (χ1n) is 11.7. The minimum absolute atomic E-state index is 0.601. The van der Waals surface area contributed by atoms with Crippen molar-refractivity contribution < 1.29 is 0 Å². The molecule has 5 rings (SSSR count). The smallest absolute Gasteiger partial charge is 0.129 e. The first-order valence-corrected chi connectivity index (χ1v) is 11.7. The predicted molar refractivity (Wildman–Crippen MR) is 120 cm³/mol. The van der Waals surface area contributed by atoms with Crippen LogP contribution in [0.3, 0.4) is 0 Å². The summed E-state index contributed by atoms with van der Waals surface area (Å²) in [5.74, 6) is 2.48. The zero-order chi connectivity index (χ0) is 21.2. The van der Waals surface area contributed by atoms with Crippen LogP contribution in [0.2, 0.25) is 0 Å². The van der Waals surface area contributed by atoms with Crippen molar-refractivity contribution in [2.45, 2.75) is 64.0 Å². The van der Waals surface area contributed by atoms with E-state index in [9.17, 15) is 0 Å². The van der Waals surface area contributed by atoms with Gasteiger partial charge in [0.2, 0.25) is 0 Å². The maximum Gasteiger partial charge on any atom is 0.129 e. The summed E-state index contributed by atoms with van der Waals surface area (Å²) in [6.45, 7) is 0.905. The van der Waals surface area contributed by atoms with E-state index < -0.39 is 0 Å². The molecule has 2 fully saturated rings. The SMILES string of the molecule is Cn1cc(CNC2CCC(Cc3nccc(-c4cnn(C)c4CC4CC4)n3)CC2)cn1. The largest absolute Gasteiger partial charge is 0.310 e. The summed E-state index contributed by atoms with van der Waals surface area (Å²) in [5, 5.41) is 12.5. The lowest BCUT2D eigenvalue weighted by molar-refractivity contribution is 0.286. The number of nitrogens with one attached hydrogen (secondary N) is 1. The van der Waals surface area contributed by atoms with Gasteiger partial charge in [-0.3, -0.25) is 9.36 Å². The second kappa shape index (κ2) is 8.91. The highest BCUT2D eigenvalue weighted by atomic mass is 15.3. The Morgan fingerprint density at radius 2 is 1.74 bits per heavy atom. The molecule has 2 aliphatic carbocycles. The molecule has 0 saturated heterocycles. The molecule has 7 heteroatoms. The Hall–Kier alpha value is -2.54. The standard InChI is InChI=1S/C24H33N7/c1-30-16-19(14-27-30)13-26-20-7-5-18(6-8-20)12-24-25-10-9-22(29-24)21-15-28-31(2)23(21)11-17-3-4-17/h9-10,14-18,20,26H,3-8,11-13H2,1-2H3. The topological polar surface area (TPSA) is 73.5 Å². The van der Waals surface area contributed by atoms with E-state index in [2.05, 4.69) is 26.7 Å². The molecule has 31 heavy (non-hydrogen) atoms. The second-order valence-corrected chi connectivity index (χ2v) is 9.46. The molecule has 0 spiro atoms. The van der Waals surface area contributed by atoms with Crippen molar-refractivity contribution in [1.82, 2.24) is 34.8 Å². The molecule has 0 amide bonds. The predicted octanol–water partition coefficient (Wildman–Crippen LogP) is 3.45. The van der Waals surface area contributed by atoms with Gasteiger partial charge in [-0.15, -0.1) is 0 Å². The molecule has 0 aliphatic heterocycles. The lowest BCUT2D eigenvalue weighted by atomic mass is 9.84. The molecule has 164 valence electrons. The molecular weight excluding hydrogens is 386 g/mol. The minimum Gasteiger partial charge on any atom is -0.310 e. The van der Waals surface area contributed by atoms with Crippen LogP contribution in [0.5, 0.6) is 0 Å². The van der Waals surface area contributed by atoms with Crippen LogP contribution < -0.4 is 5.32 Å². The van der Waals surface area contributed by atoms with Gasteiger partial charge in [0.25, 0.3) is 0 Å². The van der Waals surface area contributed by atoms with Crippen molar-refractivity contribution in [2.24, 2.45) is 25.9 Å². The Balaban J connectivity index is 1.16. The quantitative estimate of drug-likeness (QED) is 0.605. The van der Waals surface area contributed by atoms with Crippen molar-refractivity contribution in [1.29, 1.82) is 0 Å². The van der Waals surface area contributed by atoms with E-state index in [0.29, 0.717) is 12.0 Å². The monoisotopic (exact) mass is 419 g/mol. The average Bonchev–Trinajstić information content (AvgIpc) is 3.39. The van der Waals surface area contributed by atoms with E-state index in [-0.39, 0.29) is 0 Å². The third kappa shape index (κ3) is 5.03. The third-order valence-electron chi connectivity index (χ3n) is 6.89. The van der Waals surface area contributed by atoms with E-state index >= 15 is 0 Å². The maximum absolute atomic E-state index is 4.95. The maximum atomic E-state index is 4.95. The van der Waals surface area contributed by atoms with Gasteiger partial charge >= 0.3 is 0 Å². The highest BCUT2D eigenvalue weighted by molar-refractivity contribution is 5.61. The number of aryl methyl sites for hydroxylation is 2. The molecule has 3 aromatic rings. The number of nitrogens with zero attached hydrogens (tertiary/aromatic N) is 6. The van der Waals surface area contributed by atoms with E-state index in [1.54, 1.807) is 0 Å². The van der Waals surface area contributed by atoms with Crippen LogP contribution in [-0.4, -0.2) is 35.6 Å². The number of rotatable bonds is 8. The van der Waals surface area contributed by atoms with Crippen LogP contribution in [0.15, 0.2) is 30.9 Å². The second-order valence-electron chi connectivity index (χ2n) is 9.46.